The Hall–Kier alpha value is -1.75. The van der Waals surface area contributed by atoms with Crippen molar-refractivity contribution in [2.45, 2.75) is 39.2 Å². The minimum Gasteiger partial charge on any atom is -0.444 e. The molecule has 1 aliphatic rings. The summed E-state index contributed by atoms with van der Waals surface area (Å²) in [5.74, 6) is -0.292. The Bertz CT molecular complexity index is 773. The van der Waals surface area contributed by atoms with Gasteiger partial charge in [0.05, 0.1) is 10.5 Å². The molecule has 0 spiro atoms. The summed E-state index contributed by atoms with van der Waals surface area (Å²) >= 11 is 6.01. The van der Waals surface area contributed by atoms with E-state index in [0.29, 0.717) is 18.6 Å². The van der Waals surface area contributed by atoms with Gasteiger partial charge in [-0.3, -0.25) is 0 Å². The summed E-state index contributed by atoms with van der Waals surface area (Å²) < 4.78 is 19.5. The van der Waals surface area contributed by atoms with Crippen LogP contribution in [0, 0.1) is 12.7 Å². The largest absolute Gasteiger partial charge is 0.444 e. The zero-order valence-corrected chi connectivity index (χ0v) is 14.4. The Morgan fingerprint density at radius 2 is 2.04 bits per heavy atom. The van der Waals surface area contributed by atoms with Gasteiger partial charge in [0.1, 0.15) is 5.60 Å². The Morgan fingerprint density at radius 3 is 2.65 bits per heavy atom. The minimum atomic E-state index is -0.508. The number of nitrogens with one attached hydrogen (secondary N) is 1. The van der Waals surface area contributed by atoms with E-state index in [0.717, 1.165) is 16.6 Å². The number of hydrogen-bond donors (Lipinski definition) is 1. The number of carbonyl (C=O) groups is 1. The SMILES string of the molecule is Cc1cc2c(C3CN(C(=O)OC(C)(C)C)C3)cc(Cl)c(F)c2[nH]1. The number of hydrogen-bond acceptors (Lipinski definition) is 2. The summed E-state index contributed by atoms with van der Waals surface area (Å²) in [6, 6.07) is 3.59. The number of likely N-dealkylation sites (tertiary alicyclic amines) is 1. The van der Waals surface area contributed by atoms with E-state index < -0.39 is 11.4 Å². The van der Waals surface area contributed by atoms with Crippen molar-refractivity contribution in [2.24, 2.45) is 0 Å². The van der Waals surface area contributed by atoms with Gasteiger partial charge in [-0.1, -0.05) is 11.6 Å². The molecule has 0 atom stereocenters. The fourth-order valence-corrected chi connectivity index (χ4v) is 3.09. The number of halogens is 2. The fourth-order valence-electron chi connectivity index (χ4n) is 2.88. The minimum absolute atomic E-state index is 0.102. The summed E-state index contributed by atoms with van der Waals surface area (Å²) in [5, 5.41) is 0.934. The molecule has 1 saturated heterocycles. The number of ether oxygens (including phenoxy) is 1. The van der Waals surface area contributed by atoms with E-state index in [1.54, 1.807) is 11.0 Å². The maximum atomic E-state index is 14.1. The molecule has 124 valence electrons. The topological polar surface area (TPSA) is 45.3 Å². The molecule has 2 heterocycles. The molecule has 6 heteroatoms. The summed E-state index contributed by atoms with van der Waals surface area (Å²) in [7, 11) is 0. The maximum absolute atomic E-state index is 14.1. The molecule has 1 aromatic carbocycles. The number of fused-ring (bicyclic) bond motifs is 1. The average molecular weight is 339 g/mol. The zero-order chi connectivity index (χ0) is 16.9. The average Bonchev–Trinajstić information content (AvgIpc) is 2.73. The zero-order valence-electron chi connectivity index (χ0n) is 13.7. The molecule has 23 heavy (non-hydrogen) atoms. The number of nitrogens with zero attached hydrogens (tertiary/aromatic N) is 1. The first kappa shape index (κ1) is 16.1. The monoisotopic (exact) mass is 338 g/mol. The number of carbonyl (C=O) groups excluding carboxylic acids is 1. The van der Waals surface area contributed by atoms with E-state index in [1.165, 1.54) is 0 Å². The van der Waals surface area contributed by atoms with Crippen molar-refractivity contribution in [3.05, 3.63) is 34.2 Å². The molecule has 0 radical (unpaired) electrons. The fraction of sp³-hybridized carbons (Fsp3) is 0.471. The van der Waals surface area contributed by atoms with Crippen LogP contribution in [0.5, 0.6) is 0 Å². The van der Waals surface area contributed by atoms with Gasteiger partial charge in [-0.2, -0.15) is 0 Å². The van der Waals surface area contributed by atoms with Crippen LogP contribution in [0.25, 0.3) is 10.9 Å². The van der Waals surface area contributed by atoms with E-state index in [-0.39, 0.29) is 17.0 Å². The second kappa shape index (κ2) is 5.41. The summed E-state index contributed by atoms with van der Waals surface area (Å²) in [6.07, 6.45) is -0.316. The molecule has 4 nitrogen and oxygen atoms in total. The molecule has 1 aliphatic heterocycles. The maximum Gasteiger partial charge on any atom is 0.410 e. The number of aromatic nitrogens is 1. The Morgan fingerprint density at radius 1 is 1.39 bits per heavy atom. The van der Waals surface area contributed by atoms with E-state index in [9.17, 15) is 9.18 Å². The van der Waals surface area contributed by atoms with Crippen molar-refractivity contribution < 1.29 is 13.9 Å². The third-order valence-corrected chi connectivity index (χ3v) is 4.22. The molecule has 1 N–H and O–H groups in total. The van der Waals surface area contributed by atoms with Gasteiger partial charge in [-0.15, -0.1) is 0 Å². The summed E-state index contributed by atoms with van der Waals surface area (Å²) in [4.78, 5) is 16.7. The second-order valence-electron chi connectivity index (χ2n) is 7.08. The van der Waals surface area contributed by atoms with Gasteiger partial charge in [-0.05, 0) is 45.4 Å². The van der Waals surface area contributed by atoms with Gasteiger partial charge < -0.3 is 14.6 Å². The van der Waals surface area contributed by atoms with Crippen molar-refractivity contribution in [1.29, 1.82) is 0 Å². The Labute approximate surface area is 139 Å². The highest BCUT2D eigenvalue weighted by Gasteiger charge is 2.36. The highest BCUT2D eigenvalue weighted by Crippen LogP contribution is 2.37. The third-order valence-electron chi connectivity index (χ3n) is 3.95. The van der Waals surface area contributed by atoms with Crippen LogP contribution < -0.4 is 0 Å². The lowest BCUT2D eigenvalue weighted by molar-refractivity contribution is 0.00830. The van der Waals surface area contributed by atoms with Gasteiger partial charge in [0.25, 0.3) is 0 Å². The molecule has 0 saturated carbocycles. The van der Waals surface area contributed by atoms with Crippen LogP contribution in [-0.4, -0.2) is 34.7 Å². The van der Waals surface area contributed by atoms with Crippen LogP contribution in [0.1, 0.15) is 37.9 Å². The molecule has 1 aromatic heterocycles. The highest BCUT2D eigenvalue weighted by atomic mass is 35.5. The number of benzene rings is 1. The number of aromatic amines is 1. The second-order valence-corrected chi connectivity index (χ2v) is 7.49. The first-order chi connectivity index (χ1) is 10.7. The van der Waals surface area contributed by atoms with Crippen LogP contribution in [0.2, 0.25) is 5.02 Å². The lowest BCUT2D eigenvalue weighted by atomic mass is 9.89. The number of H-pyrrole nitrogens is 1. The van der Waals surface area contributed by atoms with Crippen molar-refractivity contribution in [1.82, 2.24) is 9.88 Å². The van der Waals surface area contributed by atoms with Gasteiger partial charge in [0.2, 0.25) is 0 Å². The number of aryl methyl sites for hydroxylation is 1. The van der Waals surface area contributed by atoms with Crippen LogP contribution in [0.3, 0.4) is 0 Å². The molecule has 1 fully saturated rings. The molecule has 0 bridgehead atoms. The number of rotatable bonds is 1. The van der Waals surface area contributed by atoms with Crippen LogP contribution in [-0.2, 0) is 4.74 Å². The van der Waals surface area contributed by atoms with E-state index in [4.69, 9.17) is 16.3 Å². The lowest BCUT2D eigenvalue weighted by Crippen LogP contribution is -2.50. The molecule has 0 aliphatic carbocycles. The van der Waals surface area contributed by atoms with Crippen molar-refractivity contribution in [3.8, 4) is 0 Å². The van der Waals surface area contributed by atoms with Gasteiger partial charge >= 0.3 is 6.09 Å². The molecule has 1 amide bonds. The van der Waals surface area contributed by atoms with E-state index in [1.807, 2.05) is 33.8 Å². The number of amides is 1. The van der Waals surface area contributed by atoms with Gasteiger partial charge in [0.15, 0.2) is 5.82 Å². The third kappa shape index (κ3) is 3.02. The Kier molecular flexibility index (Phi) is 3.79. The predicted molar refractivity (Wildman–Crippen MR) is 88.6 cm³/mol. The first-order valence-corrected chi connectivity index (χ1v) is 7.98. The van der Waals surface area contributed by atoms with Crippen LogP contribution >= 0.6 is 11.6 Å². The Balaban J connectivity index is 1.82. The molecule has 3 rings (SSSR count). The van der Waals surface area contributed by atoms with E-state index >= 15 is 0 Å². The van der Waals surface area contributed by atoms with Crippen LogP contribution in [0.15, 0.2) is 12.1 Å². The quantitative estimate of drug-likeness (QED) is 0.825. The van der Waals surface area contributed by atoms with Gasteiger partial charge in [0, 0.05) is 30.1 Å². The summed E-state index contributed by atoms with van der Waals surface area (Å²) in [5.41, 5.74) is 1.77. The first-order valence-electron chi connectivity index (χ1n) is 7.61. The van der Waals surface area contributed by atoms with Crippen molar-refractivity contribution in [2.75, 3.05) is 13.1 Å². The molecular formula is C17H20ClFN2O2. The molecular weight excluding hydrogens is 319 g/mol. The molecule has 2 aromatic rings. The van der Waals surface area contributed by atoms with Crippen LogP contribution in [0.4, 0.5) is 9.18 Å². The van der Waals surface area contributed by atoms with E-state index in [2.05, 4.69) is 4.98 Å². The smallest absolute Gasteiger partial charge is 0.410 e. The van der Waals surface area contributed by atoms with Crippen molar-refractivity contribution >= 4 is 28.6 Å². The van der Waals surface area contributed by atoms with Gasteiger partial charge in [-0.25, -0.2) is 9.18 Å². The van der Waals surface area contributed by atoms with Crippen molar-refractivity contribution in [3.63, 3.8) is 0 Å². The highest BCUT2D eigenvalue weighted by molar-refractivity contribution is 6.31. The molecule has 0 unspecified atom stereocenters. The predicted octanol–water partition coefficient (Wildman–Crippen LogP) is 4.60. The normalized spacial score (nSPS) is 15.8. The summed E-state index contributed by atoms with van der Waals surface area (Å²) in [6.45, 7) is 8.51. The standard InChI is InChI=1S/C17H20ClFN2O2/c1-9-5-12-11(6-13(18)14(19)15(12)20-9)10-7-21(8-10)16(22)23-17(2,3)4/h5-6,10,20H,7-8H2,1-4H3. The lowest BCUT2D eigenvalue weighted by Gasteiger charge is -2.40.